The summed E-state index contributed by atoms with van der Waals surface area (Å²) in [7, 11) is 1.70. The van der Waals surface area contributed by atoms with Crippen LogP contribution in [0.3, 0.4) is 0 Å². The fourth-order valence-corrected chi connectivity index (χ4v) is 2.85. The zero-order valence-electron chi connectivity index (χ0n) is 13.3. The number of nitrogens with zero attached hydrogens (tertiary/aromatic N) is 4. The molecular formula is C14H23F3N4O. The van der Waals surface area contributed by atoms with Gasteiger partial charge in [0.1, 0.15) is 12.2 Å². The van der Waals surface area contributed by atoms with Crippen LogP contribution >= 0.6 is 0 Å². The van der Waals surface area contributed by atoms with Crippen LogP contribution in [0.2, 0.25) is 0 Å². The van der Waals surface area contributed by atoms with Crippen LogP contribution < -0.4 is 4.90 Å². The maximum atomic E-state index is 12.6. The van der Waals surface area contributed by atoms with Gasteiger partial charge in [-0.3, -0.25) is 4.57 Å². The van der Waals surface area contributed by atoms with E-state index in [-0.39, 0.29) is 11.4 Å². The Bertz CT molecular complexity index is 503. The first kappa shape index (κ1) is 17.1. The zero-order chi connectivity index (χ0) is 16.4. The van der Waals surface area contributed by atoms with Crippen molar-refractivity contribution in [1.82, 2.24) is 14.8 Å². The largest absolute Gasteiger partial charge is 0.396 e. The third-order valence-electron chi connectivity index (χ3n) is 4.30. The third kappa shape index (κ3) is 3.91. The fourth-order valence-electron chi connectivity index (χ4n) is 2.85. The first-order valence-electron chi connectivity index (χ1n) is 7.57. The molecule has 0 spiro atoms. The van der Waals surface area contributed by atoms with Crippen molar-refractivity contribution in [3.63, 3.8) is 0 Å². The van der Waals surface area contributed by atoms with Crippen molar-refractivity contribution in [1.29, 1.82) is 0 Å². The predicted molar refractivity (Wildman–Crippen MR) is 76.9 cm³/mol. The van der Waals surface area contributed by atoms with Gasteiger partial charge in [0.2, 0.25) is 5.95 Å². The molecule has 1 saturated heterocycles. The summed E-state index contributed by atoms with van der Waals surface area (Å²) in [5, 5.41) is 7.76. The van der Waals surface area contributed by atoms with Gasteiger partial charge in [0.25, 0.3) is 0 Å². The number of rotatable bonds is 4. The van der Waals surface area contributed by atoms with Crippen LogP contribution in [0.5, 0.6) is 0 Å². The smallest absolute Gasteiger partial charge is 0.378 e. The molecule has 5 nitrogen and oxygen atoms in total. The molecule has 2 rings (SSSR count). The molecular weight excluding hydrogens is 297 g/mol. The summed E-state index contributed by atoms with van der Waals surface area (Å²) in [5.41, 5.74) is -0.180. The number of hydrogen-bond acceptors (Lipinski definition) is 4. The Morgan fingerprint density at radius 2 is 1.95 bits per heavy atom. The second-order valence-electron chi connectivity index (χ2n) is 5.95. The summed E-state index contributed by atoms with van der Waals surface area (Å²) in [6.07, 6.45) is -2.66. The van der Waals surface area contributed by atoms with Crippen molar-refractivity contribution in [3.05, 3.63) is 5.82 Å². The van der Waals surface area contributed by atoms with Crippen LogP contribution in [0.25, 0.3) is 0 Å². The number of methoxy groups -OCH3 is 1. The highest BCUT2D eigenvalue weighted by molar-refractivity contribution is 5.32. The topological polar surface area (TPSA) is 43.2 Å². The highest BCUT2D eigenvalue weighted by atomic mass is 19.4. The summed E-state index contributed by atoms with van der Waals surface area (Å²) in [6, 6.07) is 0. The molecule has 1 unspecified atom stereocenters. The molecule has 1 aromatic rings. The molecule has 126 valence electrons. The summed E-state index contributed by atoms with van der Waals surface area (Å²) in [4.78, 5) is 2.01. The van der Waals surface area contributed by atoms with E-state index in [0.717, 1.165) is 25.8 Å². The molecule has 2 heterocycles. The lowest BCUT2D eigenvalue weighted by atomic mass is 9.97. The normalized spacial score (nSPS) is 23.6. The van der Waals surface area contributed by atoms with Crippen LogP contribution in [0.4, 0.5) is 19.1 Å². The van der Waals surface area contributed by atoms with E-state index in [4.69, 9.17) is 4.74 Å². The molecule has 0 N–H and O–H groups in total. The van der Waals surface area contributed by atoms with Crippen LogP contribution in [-0.2, 0) is 17.7 Å². The second-order valence-corrected chi connectivity index (χ2v) is 5.95. The lowest BCUT2D eigenvalue weighted by Crippen LogP contribution is -2.31. The van der Waals surface area contributed by atoms with E-state index in [1.165, 1.54) is 0 Å². The average molecular weight is 320 g/mol. The molecule has 8 heteroatoms. The van der Waals surface area contributed by atoms with Crippen LogP contribution in [0.15, 0.2) is 0 Å². The summed E-state index contributed by atoms with van der Waals surface area (Å²) >= 11 is 0. The van der Waals surface area contributed by atoms with Gasteiger partial charge in [0.15, 0.2) is 0 Å². The number of anilines is 1. The molecule has 0 aliphatic carbocycles. The van der Waals surface area contributed by atoms with Gasteiger partial charge in [0.05, 0.1) is 5.60 Å². The molecule has 1 atom stereocenters. The first-order chi connectivity index (χ1) is 10.3. The number of halogens is 3. The average Bonchev–Trinajstić information content (AvgIpc) is 2.71. The molecule has 0 amide bonds. The summed E-state index contributed by atoms with van der Waals surface area (Å²) in [5.74, 6) is 0.505. The number of ether oxygens (including phenoxy) is 1. The Hall–Kier alpha value is -1.31. The molecule has 0 saturated carbocycles. The van der Waals surface area contributed by atoms with Gasteiger partial charge in [0, 0.05) is 26.7 Å². The SMILES string of the molecule is CCn1c(CC(F)(F)F)nnc1N1CCCC(C)(OC)CC1. The third-order valence-corrected chi connectivity index (χ3v) is 4.30. The van der Waals surface area contributed by atoms with E-state index in [0.29, 0.717) is 19.0 Å². The summed E-state index contributed by atoms with van der Waals surface area (Å²) in [6.45, 7) is 5.75. The van der Waals surface area contributed by atoms with Gasteiger partial charge in [-0.2, -0.15) is 13.2 Å². The van der Waals surface area contributed by atoms with E-state index in [9.17, 15) is 13.2 Å². The zero-order valence-corrected chi connectivity index (χ0v) is 13.3. The quantitative estimate of drug-likeness (QED) is 0.855. The molecule has 22 heavy (non-hydrogen) atoms. The highest BCUT2D eigenvalue weighted by Gasteiger charge is 2.33. The van der Waals surface area contributed by atoms with Crippen LogP contribution in [-0.4, -0.2) is 46.7 Å². The minimum Gasteiger partial charge on any atom is -0.378 e. The standard InChI is InChI=1S/C14H23F3N4O/c1-4-21-11(10-14(15,16)17)18-19-12(21)20-8-5-6-13(2,22-3)7-9-20/h4-10H2,1-3H3. The van der Waals surface area contributed by atoms with Crippen molar-refractivity contribution < 1.29 is 17.9 Å². The molecule has 0 radical (unpaired) electrons. The molecule has 1 aliphatic rings. The Morgan fingerprint density at radius 3 is 2.55 bits per heavy atom. The second kappa shape index (κ2) is 6.44. The minimum absolute atomic E-state index is 0.0243. The highest BCUT2D eigenvalue weighted by Crippen LogP contribution is 2.28. The Kier molecular flexibility index (Phi) is 4.99. The van der Waals surface area contributed by atoms with Crippen molar-refractivity contribution in [3.8, 4) is 0 Å². The van der Waals surface area contributed by atoms with Gasteiger partial charge in [-0.05, 0) is 33.1 Å². The molecule has 1 fully saturated rings. The lowest BCUT2D eigenvalue weighted by Gasteiger charge is -2.27. The van der Waals surface area contributed by atoms with Crippen LogP contribution in [0, 0.1) is 0 Å². The monoisotopic (exact) mass is 320 g/mol. The number of hydrogen-bond donors (Lipinski definition) is 0. The number of aromatic nitrogens is 3. The van der Waals surface area contributed by atoms with E-state index >= 15 is 0 Å². The van der Waals surface area contributed by atoms with Gasteiger partial charge in [-0.15, -0.1) is 10.2 Å². The van der Waals surface area contributed by atoms with Crippen molar-refractivity contribution in [2.45, 2.75) is 57.9 Å². The van der Waals surface area contributed by atoms with Crippen LogP contribution in [0.1, 0.15) is 38.9 Å². The Morgan fingerprint density at radius 1 is 1.23 bits per heavy atom. The first-order valence-corrected chi connectivity index (χ1v) is 7.57. The fraction of sp³-hybridized carbons (Fsp3) is 0.857. The molecule has 0 aromatic carbocycles. The predicted octanol–water partition coefficient (Wildman–Crippen LogP) is 2.80. The Labute approximate surface area is 128 Å². The van der Waals surface area contributed by atoms with Crippen molar-refractivity contribution >= 4 is 5.95 Å². The van der Waals surface area contributed by atoms with Crippen molar-refractivity contribution in [2.75, 3.05) is 25.1 Å². The maximum absolute atomic E-state index is 12.6. The maximum Gasteiger partial charge on any atom is 0.396 e. The van der Waals surface area contributed by atoms with Gasteiger partial charge in [-0.25, -0.2) is 0 Å². The Balaban J connectivity index is 2.18. The minimum atomic E-state index is -4.27. The van der Waals surface area contributed by atoms with E-state index in [1.54, 1.807) is 11.7 Å². The van der Waals surface area contributed by atoms with E-state index in [1.807, 2.05) is 11.8 Å². The summed E-state index contributed by atoms with van der Waals surface area (Å²) < 4.78 is 44.9. The lowest BCUT2D eigenvalue weighted by molar-refractivity contribution is -0.129. The van der Waals surface area contributed by atoms with Gasteiger partial charge in [-0.1, -0.05) is 0 Å². The van der Waals surface area contributed by atoms with E-state index in [2.05, 4.69) is 17.1 Å². The van der Waals surface area contributed by atoms with E-state index < -0.39 is 12.6 Å². The molecule has 0 bridgehead atoms. The molecule has 1 aliphatic heterocycles. The van der Waals surface area contributed by atoms with Crippen molar-refractivity contribution in [2.24, 2.45) is 0 Å². The molecule has 1 aromatic heterocycles. The number of alkyl halides is 3. The van der Waals surface area contributed by atoms with Gasteiger partial charge >= 0.3 is 6.18 Å². The van der Waals surface area contributed by atoms with Gasteiger partial charge < -0.3 is 9.64 Å².